The number of rotatable bonds is 1. The summed E-state index contributed by atoms with van der Waals surface area (Å²) in [5, 5.41) is 0. The Kier molecular flexibility index (Phi) is 16.5. The van der Waals surface area contributed by atoms with Crippen molar-refractivity contribution in [3.8, 4) is 0 Å². The van der Waals surface area contributed by atoms with Crippen LogP contribution in [-0.4, -0.2) is 0 Å². The lowest BCUT2D eigenvalue weighted by molar-refractivity contribution is 1.23. The summed E-state index contributed by atoms with van der Waals surface area (Å²) in [4.78, 5) is 0. The summed E-state index contributed by atoms with van der Waals surface area (Å²) in [5.74, 6) is 0. The predicted octanol–water partition coefficient (Wildman–Crippen LogP) is 5.53. The highest BCUT2D eigenvalue weighted by atomic mass is 13.9. The van der Waals surface area contributed by atoms with Crippen molar-refractivity contribution in [2.45, 2.75) is 55.4 Å². The van der Waals surface area contributed by atoms with E-state index in [0.717, 1.165) is 0 Å². The van der Waals surface area contributed by atoms with Crippen molar-refractivity contribution in [1.29, 1.82) is 0 Å². The first-order valence-corrected chi connectivity index (χ1v) is 5.21. The van der Waals surface area contributed by atoms with Crippen LogP contribution in [0.5, 0.6) is 0 Å². The third-order valence-electron chi connectivity index (χ3n) is 1.39. The Balaban J connectivity index is -0.000000170. The molecule has 0 radical (unpaired) electrons. The fourth-order valence-corrected chi connectivity index (χ4v) is 0.427. The van der Waals surface area contributed by atoms with Crippen molar-refractivity contribution in [2.75, 3.05) is 0 Å². The molecule has 0 saturated heterocycles. The molecule has 0 aromatic carbocycles. The minimum atomic E-state index is 1.17. The fourth-order valence-electron chi connectivity index (χ4n) is 0.427. The second-order valence-electron chi connectivity index (χ2n) is 3.61. The molecule has 0 aliphatic rings. The molecule has 0 spiro atoms. The van der Waals surface area contributed by atoms with Crippen LogP contribution < -0.4 is 0 Å². The molecule has 0 unspecified atom stereocenters. The molecule has 0 aromatic heterocycles. The van der Waals surface area contributed by atoms with Crippen LogP contribution in [0.4, 0.5) is 0 Å². The molecule has 0 saturated carbocycles. The molecule has 0 fully saturated rings. The molecule has 0 nitrogen and oxygen atoms in total. The second-order valence-corrected chi connectivity index (χ2v) is 3.61. The van der Waals surface area contributed by atoms with Gasteiger partial charge >= 0.3 is 0 Å². The van der Waals surface area contributed by atoms with Gasteiger partial charge in [-0.25, -0.2) is 0 Å². The molecule has 0 atom stereocenters. The molecule has 0 aliphatic carbocycles. The van der Waals surface area contributed by atoms with E-state index in [1.807, 2.05) is 34.6 Å². The zero-order valence-corrected chi connectivity index (χ0v) is 11.4. The molecular weight excluding hydrogens is 168 g/mol. The first-order chi connectivity index (χ1) is 6.29. The van der Waals surface area contributed by atoms with Gasteiger partial charge in [0, 0.05) is 0 Å². The smallest absolute Gasteiger partial charge is 0.0396 e. The lowest BCUT2D eigenvalue weighted by Gasteiger charge is -1.99. The minimum absolute atomic E-state index is 1.17. The van der Waals surface area contributed by atoms with Gasteiger partial charge in [-0.1, -0.05) is 42.7 Å². The molecule has 0 rings (SSSR count). The third kappa shape index (κ3) is 22.5. The highest BCUT2D eigenvalue weighted by Gasteiger charge is 1.88. The Morgan fingerprint density at radius 2 is 0.929 bits per heavy atom. The van der Waals surface area contributed by atoms with E-state index in [0.29, 0.717) is 0 Å². The van der Waals surface area contributed by atoms with Gasteiger partial charge in [0.2, 0.25) is 0 Å². The molecule has 84 valence electrons. The van der Waals surface area contributed by atoms with E-state index in [-0.39, 0.29) is 0 Å². The summed E-state index contributed by atoms with van der Waals surface area (Å²) < 4.78 is 0. The van der Waals surface area contributed by atoms with Gasteiger partial charge in [-0.2, -0.15) is 0 Å². The Morgan fingerprint density at radius 3 is 0.929 bits per heavy atom. The van der Waals surface area contributed by atoms with Crippen LogP contribution in [0.1, 0.15) is 55.4 Å². The van der Waals surface area contributed by atoms with Gasteiger partial charge < -0.3 is 0 Å². The summed E-state index contributed by atoms with van der Waals surface area (Å²) in [6, 6.07) is 0. The quantitative estimate of drug-likeness (QED) is 0.382. The fraction of sp³-hybridized carbons (Fsp3) is 0.571. The van der Waals surface area contributed by atoms with Crippen molar-refractivity contribution < 1.29 is 0 Å². The summed E-state index contributed by atoms with van der Waals surface area (Å²) >= 11 is 0. The number of hydrogen-bond donors (Lipinski definition) is 0. The molecular formula is C14H28. The lowest BCUT2D eigenvalue weighted by atomic mass is 10.1. The Hall–Kier alpha value is -0.780. The van der Waals surface area contributed by atoms with Crippen LogP contribution in [-0.2, 0) is 0 Å². The summed E-state index contributed by atoms with van der Waals surface area (Å²) in [7, 11) is 0. The Labute approximate surface area is 91.4 Å². The standard InChI is InChI=1S/C8H14.C4H8.C2H6/c1-6(2)8(5)7(3)4;1-4(2)3;1-2/h1H2,2-5H3;1H2,2-3H3;1-2H3. The molecule has 0 aromatic rings. The van der Waals surface area contributed by atoms with Crippen LogP contribution in [0.2, 0.25) is 0 Å². The normalized spacial score (nSPS) is 7.14. The SMILES string of the molecule is C=C(C)C.C=C(C)C(C)=C(C)C.CC. The van der Waals surface area contributed by atoms with Gasteiger partial charge in [0.15, 0.2) is 0 Å². The topological polar surface area (TPSA) is 0 Å². The van der Waals surface area contributed by atoms with Gasteiger partial charge in [-0.3, -0.25) is 0 Å². The van der Waals surface area contributed by atoms with Crippen molar-refractivity contribution in [1.82, 2.24) is 0 Å². The van der Waals surface area contributed by atoms with Crippen LogP contribution >= 0.6 is 0 Å². The van der Waals surface area contributed by atoms with Gasteiger partial charge in [0.05, 0.1) is 0 Å². The third-order valence-corrected chi connectivity index (χ3v) is 1.39. The Morgan fingerprint density at radius 1 is 0.714 bits per heavy atom. The average Bonchev–Trinajstić information content (AvgIpc) is 2.05. The first kappa shape index (κ1) is 18.9. The monoisotopic (exact) mass is 196 g/mol. The largest absolute Gasteiger partial charge is 0.100 e. The molecule has 0 aliphatic heterocycles. The Bertz CT molecular complexity index is 184. The molecule has 14 heavy (non-hydrogen) atoms. The van der Waals surface area contributed by atoms with Crippen LogP contribution in [0.25, 0.3) is 0 Å². The molecule has 0 bridgehead atoms. The minimum Gasteiger partial charge on any atom is -0.100 e. The highest BCUT2D eigenvalue weighted by molar-refractivity contribution is 5.27. The zero-order chi connectivity index (χ0) is 12.3. The van der Waals surface area contributed by atoms with Crippen molar-refractivity contribution in [3.05, 3.63) is 35.5 Å². The molecule has 0 amide bonds. The van der Waals surface area contributed by atoms with Gasteiger partial charge in [0.1, 0.15) is 0 Å². The maximum absolute atomic E-state index is 3.82. The van der Waals surface area contributed by atoms with E-state index >= 15 is 0 Å². The average molecular weight is 196 g/mol. The second kappa shape index (κ2) is 12.2. The number of hydrogen-bond acceptors (Lipinski definition) is 0. The van der Waals surface area contributed by atoms with Gasteiger partial charge in [-0.05, 0) is 41.5 Å². The lowest BCUT2D eigenvalue weighted by Crippen LogP contribution is -1.78. The van der Waals surface area contributed by atoms with Crippen molar-refractivity contribution >= 4 is 0 Å². The highest BCUT2D eigenvalue weighted by Crippen LogP contribution is 2.09. The van der Waals surface area contributed by atoms with E-state index in [2.05, 4.69) is 33.9 Å². The number of allylic oxidation sites excluding steroid dienone is 4. The van der Waals surface area contributed by atoms with Gasteiger partial charge in [-0.15, -0.1) is 6.58 Å². The van der Waals surface area contributed by atoms with E-state index in [9.17, 15) is 0 Å². The van der Waals surface area contributed by atoms with Crippen molar-refractivity contribution in [3.63, 3.8) is 0 Å². The predicted molar refractivity (Wildman–Crippen MR) is 70.7 cm³/mol. The van der Waals surface area contributed by atoms with E-state index < -0.39 is 0 Å². The van der Waals surface area contributed by atoms with E-state index in [1.165, 1.54) is 22.3 Å². The zero-order valence-electron chi connectivity index (χ0n) is 11.4. The molecule has 0 heterocycles. The van der Waals surface area contributed by atoms with E-state index in [4.69, 9.17) is 0 Å². The van der Waals surface area contributed by atoms with Crippen molar-refractivity contribution in [2.24, 2.45) is 0 Å². The maximum Gasteiger partial charge on any atom is -0.0396 e. The van der Waals surface area contributed by atoms with Crippen LogP contribution in [0.15, 0.2) is 35.5 Å². The first-order valence-electron chi connectivity index (χ1n) is 5.21. The van der Waals surface area contributed by atoms with E-state index in [1.54, 1.807) is 0 Å². The van der Waals surface area contributed by atoms with Gasteiger partial charge in [0.25, 0.3) is 0 Å². The summed E-state index contributed by atoms with van der Waals surface area (Å²) in [5.41, 5.74) is 5.02. The summed E-state index contributed by atoms with van der Waals surface area (Å²) in [6.45, 7) is 23.6. The molecule has 0 N–H and O–H groups in total. The molecule has 0 heteroatoms. The summed E-state index contributed by atoms with van der Waals surface area (Å²) in [6.07, 6.45) is 0. The van der Waals surface area contributed by atoms with Crippen LogP contribution in [0, 0.1) is 0 Å². The van der Waals surface area contributed by atoms with Crippen LogP contribution in [0.3, 0.4) is 0 Å². The maximum atomic E-state index is 3.82.